The van der Waals surface area contributed by atoms with Gasteiger partial charge in [0.2, 0.25) is 5.91 Å². The summed E-state index contributed by atoms with van der Waals surface area (Å²) < 4.78 is 4.61. The molecule has 0 aliphatic rings. The number of hydrogen-bond acceptors (Lipinski definition) is 3. The smallest absolute Gasteiger partial charge is 0.404 e. The van der Waals surface area contributed by atoms with Crippen LogP contribution in [0.25, 0.3) is 0 Å². The summed E-state index contributed by atoms with van der Waals surface area (Å²) in [5.41, 5.74) is 11.1. The van der Waals surface area contributed by atoms with Gasteiger partial charge >= 0.3 is 6.09 Å². The molecule has 0 saturated heterocycles. The predicted molar refractivity (Wildman–Crippen MR) is 67.8 cm³/mol. The minimum absolute atomic E-state index is 0.273. The highest BCUT2D eigenvalue weighted by atomic mass is 16.5. The van der Waals surface area contributed by atoms with Crippen LogP contribution < -0.4 is 11.5 Å². The molecule has 1 atom stereocenters. The number of nitrogens with two attached hydrogens (primary N) is 2. The van der Waals surface area contributed by atoms with Gasteiger partial charge in [-0.15, -0.1) is 0 Å². The third-order valence-corrected chi connectivity index (χ3v) is 2.68. The minimum atomic E-state index is -0.774. The van der Waals surface area contributed by atoms with Crippen LogP contribution in [0.1, 0.15) is 30.7 Å². The maximum Gasteiger partial charge on any atom is 0.404 e. The summed E-state index contributed by atoms with van der Waals surface area (Å²) in [5.74, 6) is -0.628. The number of rotatable bonds is 7. The van der Waals surface area contributed by atoms with E-state index in [9.17, 15) is 9.59 Å². The number of amides is 2. The van der Waals surface area contributed by atoms with Crippen molar-refractivity contribution in [3.63, 3.8) is 0 Å². The van der Waals surface area contributed by atoms with Crippen molar-refractivity contribution < 1.29 is 14.3 Å². The molecule has 0 bridgehead atoms. The summed E-state index contributed by atoms with van der Waals surface area (Å²) in [6.07, 6.45) is 1.28. The highest BCUT2D eigenvalue weighted by molar-refractivity contribution is 5.81. The Morgan fingerprint density at radius 1 is 1.11 bits per heavy atom. The lowest BCUT2D eigenvalue weighted by molar-refractivity contribution is -0.119. The fraction of sp³-hybridized carbons (Fsp3) is 0.385. The quantitative estimate of drug-likeness (QED) is 0.718. The normalized spacial score (nSPS) is 11.8. The van der Waals surface area contributed by atoms with E-state index in [2.05, 4.69) is 4.74 Å². The van der Waals surface area contributed by atoms with Gasteiger partial charge in [-0.3, -0.25) is 4.79 Å². The van der Waals surface area contributed by atoms with E-state index in [0.29, 0.717) is 12.8 Å². The van der Waals surface area contributed by atoms with Gasteiger partial charge in [0, 0.05) is 0 Å². The van der Waals surface area contributed by atoms with Crippen LogP contribution in [0.15, 0.2) is 30.3 Å². The van der Waals surface area contributed by atoms with Crippen molar-refractivity contribution in [1.29, 1.82) is 0 Å². The molecule has 5 nitrogen and oxygen atoms in total. The lowest BCUT2D eigenvalue weighted by atomic mass is 9.93. The molecule has 0 aliphatic carbocycles. The zero-order valence-corrected chi connectivity index (χ0v) is 10.2. The molecule has 1 aromatic rings. The first-order valence-electron chi connectivity index (χ1n) is 5.87. The monoisotopic (exact) mass is 250 g/mol. The van der Waals surface area contributed by atoms with Crippen molar-refractivity contribution >= 4 is 12.0 Å². The second-order valence-electron chi connectivity index (χ2n) is 4.03. The largest absolute Gasteiger partial charge is 0.450 e. The fourth-order valence-corrected chi connectivity index (χ4v) is 1.78. The van der Waals surface area contributed by atoms with E-state index in [1.807, 2.05) is 30.3 Å². The van der Waals surface area contributed by atoms with Crippen molar-refractivity contribution in [1.82, 2.24) is 0 Å². The number of ether oxygens (including phenoxy) is 1. The van der Waals surface area contributed by atoms with E-state index in [4.69, 9.17) is 11.5 Å². The first kappa shape index (κ1) is 14.0. The van der Waals surface area contributed by atoms with Crippen LogP contribution >= 0.6 is 0 Å². The van der Waals surface area contributed by atoms with Crippen LogP contribution in [0, 0.1) is 0 Å². The second-order valence-corrected chi connectivity index (χ2v) is 4.03. The van der Waals surface area contributed by atoms with E-state index >= 15 is 0 Å². The first-order chi connectivity index (χ1) is 8.61. The maximum atomic E-state index is 11.4. The number of benzene rings is 1. The van der Waals surface area contributed by atoms with Gasteiger partial charge in [0.25, 0.3) is 0 Å². The van der Waals surface area contributed by atoms with Gasteiger partial charge in [0.15, 0.2) is 0 Å². The summed E-state index contributed by atoms with van der Waals surface area (Å²) in [6, 6.07) is 9.41. The Morgan fingerprint density at radius 2 is 1.78 bits per heavy atom. The molecular weight excluding hydrogens is 232 g/mol. The third-order valence-electron chi connectivity index (χ3n) is 2.68. The molecule has 1 unspecified atom stereocenters. The molecule has 0 heterocycles. The summed E-state index contributed by atoms with van der Waals surface area (Å²) in [6.45, 7) is 0.273. The summed E-state index contributed by atoms with van der Waals surface area (Å²) in [7, 11) is 0. The SMILES string of the molecule is NC(=O)OCCCCC(C(N)=O)c1ccccc1. The zero-order chi connectivity index (χ0) is 13.4. The van der Waals surface area contributed by atoms with Crippen molar-refractivity contribution in [2.24, 2.45) is 11.5 Å². The average Bonchev–Trinajstić information content (AvgIpc) is 2.34. The highest BCUT2D eigenvalue weighted by Gasteiger charge is 2.16. The van der Waals surface area contributed by atoms with E-state index in [1.165, 1.54) is 0 Å². The van der Waals surface area contributed by atoms with Gasteiger partial charge in [-0.1, -0.05) is 30.3 Å². The van der Waals surface area contributed by atoms with Crippen LogP contribution in [0.3, 0.4) is 0 Å². The molecule has 2 amide bonds. The van der Waals surface area contributed by atoms with Gasteiger partial charge in [-0.25, -0.2) is 4.79 Å². The minimum Gasteiger partial charge on any atom is -0.450 e. The lowest BCUT2D eigenvalue weighted by Crippen LogP contribution is -2.21. The summed E-state index contributed by atoms with van der Waals surface area (Å²) in [5, 5.41) is 0. The van der Waals surface area contributed by atoms with E-state index < -0.39 is 6.09 Å². The van der Waals surface area contributed by atoms with Crippen molar-refractivity contribution in [3.8, 4) is 0 Å². The Kier molecular flexibility index (Phi) is 5.70. The summed E-state index contributed by atoms with van der Waals surface area (Å²) in [4.78, 5) is 21.7. The van der Waals surface area contributed by atoms with Crippen molar-refractivity contribution in [3.05, 3.63) is 35.9 Å². The standard InChI is InChI=1S/C13H18N2O3/c14-12(16)11(10-6-2-1-3-7-10)8-4-5-9-18-13(15)17/h1-3,6-7,11H,4-5,8-9H2,(H2,14,16)(H2,15,17). The molecule has 0 aromatic heterocycles. The van der Waals surface area contributed by atoms with Crippen molar-refractivity contribution in [2.45, 2.75) is 25.2 Å². The molecule has 0 spiro atoms. The van der Waals surface area contributed by atoms with Crippen LogP contribution in [0.2, 0.25) is 0 Å². The van der Waals surface area contributed by atoms with Crippen molar-refractivity contribution in [2.75, 3.05) is 6.61 Å². The highest BCUT2D eigenvalue weighted by Crippen LogP contribution is 2.21. The predicted octanol–water partition coefficient (Wildman–Crippen LogP) is 1.52. The van der Waals surface area contributed by atoms with Gasteiger partial charge in [0.1, 0.15) is 0 Å². The maximum absolute atomic E-state index is 11.4. The Morgan fingerprint density at radius 3 is 2.33 bits per heavy atom. The molecule has 0 saturated carbocycles. The Bertz CT molecular complexity index is 392. The van der Waals surface area contributed by atoms with Gasteiger partial charge in [-0.05, 0) is 24.8 Å². The van der Waals surface area contributed by atoms with Gasteiger partial charge < -0.3 is 16.2 Å². The zero-order valence-electron chi connectivity index (χ0n) is 10.2. The fourth-order valence-electron chi connectivity index (χ4n) is 1.78. The number of primary amides is 2. The second kappa shape index (κ2) is 7.32. The Balaban J connectivity index is 2.41. The number of unbranched alkanes of at least 4 members (excludes halogenated alkanes) is 1. The number of carbonyl (C=O) groups excluding carboxylic acids is 2. The molecule has 0 radical (unpaired) electrons. The Hall–Kier alpha value is -2.04. The molecule has 5 heteroatoms. The first-order valence-corrected chi connectivity index (χ1v) is 5.87. The number of hydrogen-bond donors (Lipinski definition) is 2. The molecule has 4 N–H and O–H groups in total. The Labute approximate surface area is 106 Å². The van der Waals surface area contributed by atoms with E-state index in [-0.39, 0.29) is 18.4 Å². The van der Waals surface area contributed by atoms with Crippen LogP contribution in [0.5, 0.6) is 0 Å². The number of carbonyl (C=O) groups is 2. The molecule has 1 rings (SSSR count). The molecule has 0 aliphatic heterocycles. The summed E-state index contributed by atoms with van der Waals surface area (Å²) >= 11 is 0. The third kappa shape index (κ3) is 4.86. The lowest BCUT2D eigenvalue weighted by Gasteiger charge is -2.13. The van der Waals surface area contributed by atoms with Crippen LogP contribution in [0.4, 0.5) is 4.79 Å². The average molecular weight is 250 g/mol. The van der Waals surface area contributed by atoms with Gasteiger partial charge in [0.05, 0.1) is 12.5 Å². The topological polar surface area (TPSA) is 95.4 Å². The van der Waals surface area contributed by atoms with Gasteiger partial charge in [-0.2, -0.15) is 0 Å². The van der Waals surface area contributed by atoms with E-state index in [1.54, 1.807) is 0 Å². The molecule has 18 heavy (non-hydrogen) atoms. The molecule has 1 aromatic carbocycles. The molecular formula is C13H18N2O3. The molecule has 98 valence electrons. The van der Waals surface area contributed by atoms with E-state index in [0.717, 1.165) is 12.0 Å². The molecule has 0 fully saturated rings. The van der Waals surface area contributed by atoms with Crippen LogP contribution in [-0.4, -0.2) is 18.6 Å². The van der Waals surface area contributed by atoms with Crippen LogP contribution in [-0.2, 0) is 9.53 Å².